The Morgan fingerprint density at radius 1 is 1.24 bits per heavy atom. The van der Waals surface area contributed by atoms with Crippen LogP contribution in [0.25, 0.3) is 0 Å². The van der Waals surface area contributed by atoms with Gasteiger partial charge in [-0.25, -0.2) is 0 Å². The minimum absolute atomic E-state index is 0.528. The molecule has 90 valence electrons. The van der Waals surface area contributed by atoms with Gasteiger partial charge in [-0.15, -0.1) is 11.3 Å². The first-order chi connectivity index (χ1) is 7.97. The van der Waals surface area contributed by atoms with Crippen molar-refractivity contribution in [3.05, 3.63) is 54.1 Å². The number of rotatable bonds is 2. The van der Waals surface area contributed by atoms with Gasteiger partial charge >= 0.3 is 0 Å². The fraction of sp³-hybridized carbons (Fsp3) is 0.167. The number of aliphatic hydroxyl groups is 1. The molecule has 0 bridgehead atoms. The number of aliphatic hydroxyl groups excluding tert-OH is 1. The molecule has 2 rings (SSSR count). The first-order valence-corrected chi connectivity index (χ1v) is 7.24. The largest absolute Gasteiger partial charge is 0.384 e. The normalized spacial score (nSPS) is 12.8. The second kappa shape index (κ2) is 5.29. The molecule has 1 unspecified atom stereocenters. The van der Waals surface area contributed by atoms with E-state index in [1.54, 1.807) is 6.07 Å². The lowest BCUT2D eigenvalue weighted by atomic mass is 10.0. The maximum Gasteiger partial charge on any atom is 0.106 e. The molecule has 1 aromatic heterocycles. The predicted octanol–water partition coefficient (Wildman–Crippen LogP) is 5.21. The molecule has 0 fully saturated rings. The summed E-state index contributed by atoms with van der Waals surface area (Å²) in [6, 6.07) is 7.49. The Balaban J connectivity index is 2.43. The molecule has 0 aliphatic rings. The third kappa shape index (κ3) is 3.04. The van der Waals surface area contributed by atoms with Gasteiger partial charge in [-0.2, -0.15) is 0 Å². The van der Waals surface area contributed by atoms with Gasteiger partial charge in [0.05, 0.1) is 4.34 Å². The van der Waals surface area contributed by atoms with E-state index >= 15 is 0 Å². The standard InChI is InChI=1S/C12H9BrCl2OS/c1-6-2-7(4-8(13)3-6)11(16)9-5-10(14)17-12(9)15/h2-5,11,16H,1H3. The summed E-state index contributed by atoms with van der Waals surface area (Å²) in [7, 11) is 0. The van der Waals surface area contributed by atoms with E-state index in [0.717, 1.165) is 15.6 Å². The Morgan fingerprint density at radius 3 is 2.47 bits per heavy atom. The number of halogens is 3. The van der Waals surface area contributed by atoms with E-state index in [4.69, 9.17) is 23.2 Å². The van der Waals surface area contributed by atoms with Crippen LogP contribution >= 0.6 is 50.5 Å². The van der Waals surface area contributed by atoms with Crippen LogP contribution in [0.15, 0.2) is 28.7 Å². The zero-order valence-electron chi connectivity index (χ0n) is 8.88. The highest BCUT2D eigenvalue weighted by Crippen LogP contribution is 2.38. The Hall–Kier alpha value is -0.0600. The maximum absolute atomic E-state index is 10.3. The molecule has 5 heteroatoms. The molecular weight excluding hydrogens is 343 g/mol. The van der Waals surface area contributed by atoms with Crippen molar-refractivity contribution in [3.63, 3.8) is 0 Å². The molecule has 1 atom stereocenters. The molecule has 0 amide bonds. The molecular formula is C12H9BrCl2OS. The van der Waals surface area contributed by atoms with E-state index < -0.39 is 6.10 Å². The second-order valence-corrected chi connectivity index (χ2v) is 6.95. The summed E-state index contributed by atoms with van der Waals surface area (Å²) < 4.78 is 2.04. The number of aryl methyl sites for hydroxylation is 1. The van der Waals surface area contributed by atoms with Crippen molar-refractivity contribution >= 4 is 50.5 Å². The zero-order chi connectivity index (χ0) is 12.6. The van der Waals surface area contributed by atoms with Crippen molar-refractivity contribution in [3.8, 4) is 0 Å². The van der Waals surface area contributed by atoms with Crippen molar-refractivity contribution in [2.45, 2.75) is 13.0 Å². The smallest absolute Gasteiger partial charge is 0.106 e. The molecule has 0 aliphatic carbocycles. The number of benzene rings is 1. The summed E-state index contributed by atoms with van der Waals surface area (Å²) in [6.07, 6.45) is -0.748. The summed E-state index contributed by atoms with van der Waals surface area (Å²) in [6.45, 7) is 1.98. The van der Waals surface area contributed by atoms with Crippen molar-refractivity contribution < 1.29 is 5.11 Å². The van der Waals surface area contributed by atoms with Crippen molar-refractivity contribution in [2.24, 2.45) is 0 Å². The first kappa shape index (κ1) is 13.4. The Labute approximate surface area is 122 Å². The molecule has 0 radical (unpaired) electrons. The average molecular weight is 352 g/mol. The third-order valence-electron chi connectivity index (χ3n) is 2.36. The second-order valence-electron chi connectivity index (χ2n) is 3.74. The highest BCUT2D eigenvalue weighted by Gasteiger charge is 2.17. The van der Waals surface area contributed by atoms with Crippen molar-refractivity contribution in [2.75, 3.05) is 0 Å². The van der Waals surface area contributed by atoms with Crippen LogP contribution in [0.5, 0.6) is 0 Å². The van der Waals surface area contributed by atoms with Crippen LogP contribution in [-0.2, 0) is 0 Å². The molecule has 0 saturated heterocycles. The van der Waals surface area contributed by atoms with Gasteiger partial charge in [-0.05, 0) is 36.2 Å². The van der Waals surface area contributed by atoms with Gasteiger partial charge in [0.1, 0.15) is 10.4 Å². The van der Waals surface area contributed by atoms with Crippen molar-refractivity contribution in [1.82, 2.24) is 0 Å². The van der Waals surface area contributed by atoms with Crippen LogP contribution < -0.4 is 0 Å². The number of hydrogen-bond acceptors (Lipinski definition) is 2. The van der Waals surface area contributed by atoms with Gasteiger partial charge in [0, 0.05) is 10.0 Å². The van der Waals surface area contributed by atoms with Gasteiger partial charge < -0.3 is 5.11 Å². The van der Waals surface area contributed by atoms with E-state index in [-0.39, 0.29) is 0 Å². The molecule has 1 heterocycles. The maximum atomic E-state index is 10.3. The topological polar surface area (TPSA) is 20.2 Å². The van der Waals surface area contributed by atoms with Gasteiger partial charge in [-0.3, -0.25) is 0 Å². The lowest BCUT2D eigenvalue weighted by Gasteiger charge is -2.11. The van der Waals surface area contributed by atoms with Gasteiger partial charge in [0.2, 0.25) is 0 Å². The lowest BCUT2D eigenvalue weighted by molar-refractivity contribution is 0.221. The summed E-state index contributed by atoms with van der Waals surface area (Å²) >= 11 is 16.6. The lowest BCUT2D eigenvalue weighted by Crippen LogP contribution is -1.99. The fourth-order valence-corrected chi connectivity index (χ4v) is 3.79. The van der Waals surface area contributed by atoms with Crippen LogP contribution in [0.3, 0.4) is 0 Å². The van der Waals surface area contributed by atoms with E-state index in [9.17, 15) is 5.11 Å². The van der Waals surface area contributed by atoms with Crippen LogP contribution in [0.2, 0.25) is 8.67 Å². The predicted molar refractivity (Wildman–Crippen MR) is 77.3 cm³/mol. The summed E-state index contributed by atoms with van der Waals surface area (Å²) in [5.74, 6) is 0. The summed E-state index contributed by atoms with van der Waals surface area (Å²) in [5.41, 5.74) is 2.53. The quantitative estimate of drug-likeness (QED) is 0.787. The van der Waals surface area contributed by atoms with Gasteiger partial charge in [-0.1, -0.05) is 45.2 Å². The van der Waals surface area contributed by atoms with E-state index in [0.29, 0.717) is 14.2 Å². The monoisotopic (exact) mass is 350 g/mol. The average Bonchev–Trinajstić information content (AvgIpc) is 2.55. The molecule has 0 spiro atoms. The van der Waals surface area contributed by atoms with Crippen LogP contribution in [-0.4, -0.2) is 5.11 Å². The molecule has 0 saturated carbocycles. The molecule has 1 aromatic carbocycles. The fourth-order valence-electron chi connectivity index (χ4n) is 1.64. The molecule has 1 N–H and O–H groups in total. The first-order valence-electron chi connectivity index (χ1n) is 4.87. The van der Waals surface area contributed by atoms with Crippen LogP contribution in [0, 0.1) is 6.92 Å². The van der Waals surface area contributed by atoms with Crippen LogP contribution in [0.1, 0.15) is 22.8 Å². The Bertz CT molecular complexity index is 533. The Kier molecular flexibility index (Phi) is 4.16. The van der Waals surface area contributed by atoms with Gasteiger partial charge in [0.15, 0.2) is 0 Å². The van der Waals surface area contributed by atoms with Crippen LogP contribution in [0.4, 0.5) is 0 Å². The minimum Gasteiger partial charge on any atom is -0.384 e. The third-order valence-corrected chi connectivity index (χ3v) is 4.33. The zero-order valence-corrected chi connectivity index (χ0v) is 12.8. The molecule has 1 nitrogen and oxygen atoms in total. The number of thiophene rings is 1. The molecule has 0 aliphatic heterocycles. The summed E-state index contributed by atoms with van der Waals surface area (Å²) in [4.78, 5) is 0. The SMILES string of the molecule is Cc1cc(Br)cc(C(O)c2cc(Cl)sc2Cl)c1. The number of hydrogen-bond donors (Lipinski definition) is 1. The van der Waals surface area contributed by atoms with Gasteiger partial charge in [0.25, 0.3) is 0 Å². The van der Waals surface area contributed by atoms with E-state index in [1.165, 1.54) is 11.3 Å². The molecule has 17 heavy (non-hydrogen) atoms. The van der Waals surface area contributed by atoms with Crippen molar-refractivity contribution in [1.29, 1.82) is 0 Å². The Morgan fingerprint density at radius 2 is 1.94 bits per heavy atom. The highest BCUT2D eigenvalue weighted by atomic mass is 79.9. The summed E-state index contributed by atoms with van der Waals surface area (Å²) in [5, 5.41) is 10.3. The molecule has 2 aromatic rings. The van der Waals surface area contributed by atoms with E-state index in [1.807, 2.05) is 25.1 Å². The van der Waals surface area contributed by atoms with E-state index in [2.05, 4.69) is 15.9 Å². The minimum atomic E-state index is -0.748. The highest BCUT2D eigenvalue weighted by molar-refractivity contribution is 9.10.